The van der Waals surface area contributed by atoms with E-state index in [1.165, 1.54) is 18.5 Å². The number of fused-ring (bicyclic) bond motifs is 1. The van der Waals surface area contributed by atoms with Crippen molar-refractivity contribution in [3.8, 4) is 0 Å². The van der Waals surface area contributed by atoms with E-state index in [1.807, 2.05) is 19.1 Å². The van der Waals surface area contributed by atoms with Gasteiger partial charge in [-0.15, -0.1) is 11.3 Å². The minimum Gasteiger partial charge on any atom is -0.321 e. The number of nitrogens with one attached hydrogen (secondary N) is 1. The van der Waals surface area contributed by atoms with Crippen LogP contribution in [0.1, 0.15) is 49.9 Å². The highest BCUT2D eigenvalue weighted by Gasteiger charge is 2.33. The van der Waals surface area contributed by atoms with Gasteiger partial charge in [0.25, 0.3) is 5.91 Å². The number of thiazole rings is 1. The third-order valence-electron chi connectivity index (χ3n) is 4.92. The molecule has 1 N–H and O–H groups in total. The van der Waals surface area contributed by atoms with Crippen molar-refractivity contribution < 1.29 is 22.8 Å². The summed E-state index contributed by atoms with van der Waals surface area (Å²) in [4.78, 5) is 29.7. The van der Waals surface area contributed by atoms with E-state index in [-0.39, 0.29) is 28.7 Å². The van der Waals surface area contributed by atoms with Gasteiger partial charge in [-0.05, 0) is 30.3 Å². The summed E-state index contributed by atoms with van der Waals surface area (Å²) in [6.07, 6.45) is 0.133. The van der Waals surface area contributed by atoms with E-state index in [0.29, 0.717) is 16.1 Å². The van der Waals surface area contributed by atoms with Crippen LogP contribution in [0.4, 0.5) is 18.9 Å². The van der Waals surface area contributed by atoms with Crippen molar-refractivity contribution in [2.45, 2.75) is 25.4 Å². The van der Waals surface area contributed by atoms with E-state index in [9.17, 15) is 22.8 Å². The second-order valence-electron chi connectivity index (χ2n) is 7.33. The number of rotatable bonds is 6. The van der Waals surface area contributed by atoms with Crippen LogP contribution in [0.15, 0.2) is 55.0 Å². The average Bonchev–Trinajstić information content (AvgIpc) is 3.42. The Bertz CT molecular complexity index is 1350. The maximum absolute atomic E-state index is 13.0. The molecule has 1 atom stereocenters. The van der Waals surface area contributed by atoms with Crippen LogP contribution in [0.25, 0.3) is 5.52 Å². The fraction of sp³-hybridized carbons (Fsp3) is 0.182. The molecule has 0 saturated carbocycles. The van der Waals surface area contributed by atoms with Crippen LogP contribution in [0, 0.1) is 0 Å². The number of aromatic nitrogens is 3. The lowest BCUT2D eigenvalue weighted by molar-refractivity contribution is -0.137. The monoisotopic (exact) mass is 492 g/mol. The van der Waals surface area contributed by atoms with Crippen LogP contribution >= 0.6 is 22.9 Å². The summed E-state index contributed by atoms with van der Waals surface area (Å²) in [5, 5.41) is 6.71. The number of ketones is 1. The molecule has 4 rings (SSSR count). The Morgan fingerprint density at radius 2 is 2.00 bits per heavy atom. The van der Waals surface area contributed by atoms with Crippen molar-refractivity contribution in [2.75, 3.05) is 5.32 Å². The zero-order valence-corrected chi connectivity index (χ0v) is 18.6. The van der Waals surface area contributed by atoms with Gasteiger partial charge in [0.15, 0.2) is 5.78 Å². The molecule has 0 aliphatic heterocycles. The van der Waals surface area contributed by atoms with Gasteiger partial charge in [0.2, 0.25) is 0 Å². The van der Waals surface area contributed by atoms with Crippen molar-refractivity contribution in [1.29, 1.82) is 0 Å². The number of alkyl halides is 3. The molecule has 0 fully saturated rings. The Morgan fingerprint density at radius 1 is 1.21 bits per heavy atom. The molecule has 1 unspecified atom stereocenters. The summed E-state index contributed by atoms with van der Waals surface area (Å²) in [5.74, 6) is -0.976. The highest BCUT2D eigenvalue weighted by Crippen LogP contribution is 2.36. The molecular formula is C22H16ClF3N4O2S. The zero-order valence-electron chi connectivity index (χ0n) is 17.1. The normalized spacial score (nSPS) is 12.6. The molecule has 3 aromatic heterocycles. The molecule has 0 bridgehead atoms. The van der Waals surface area contributed by atoms with Crippen molar-refractivity contribution in [2.24, 2.45) is 0 Å². The van der Waals surface area contributed by atoms with Crippen LogP contribution in [0.5, 0.6) is 0 Å². The Labute approximate surface area is 195 Å². The first-order valence-electron chi connectivity index (χ1n) is 9.73. The molecule has 3 heterocycles. The number of benzene rings is 1. The molecule has 11 heteroatoms. The molecule has 33 heavy (non-hydrogen) atoms. The van der Waals surface area contributed by atoms with Gasteiger partial charge >= 0.3 is 6.18 Å². The molecular weight excluding hydrogens is 477 g/mol. The van der Waals surface area contributed by atoms with Crippen LogP contribution < -0.4 is 5.32 Å². The highest BCUT2D eigenvalue weighted by molar-refractivity contribution is 7.13. The van der Waals surface area contributed by atoms with E-state index < -0.39 is 22.7 Å². The van der Waals surface area contributed by atoms with E-state index in [2.05, 4.69) is 15.4 Å². The highest BCUT2D eigenvalue weighted by atomic mass is 35.5. The number of carbonyl (C=O) groups is 2. The molecule has 4 aromatic rings. The predicted molar refractivity (Wildman–Crippen MR) is 119 cm³/mol. The van der Waals surface area contributed by atoms with E-state index in [0.717, 1.165) is 23.5 Å². The predicted octanol–water partition coefficient (Wildman–Crippen LogP) is 6.09. The number of halogens is 4. The summed E-state index contributed by atoms with van der Waals surface area (Å²) in [5.41, 5.74) is 0.130. The number of carbonyl (C=O) groups excluding carboxylic acids is 2. The summed E-state index contributed by atoms with van der Waals surface area (Å²) in [6, 6.07) is 8.58. The maximum Gasteiger partial charge on any atom is 0.417 e. The van der Waals surface area contributed by atoms with Crippen LogP contribution in [-0.4, -0.2) is 26.3 Å². The van der Waals surface area contributed by atoms with Crippen LogP contribution in [0.2, 0.25) is 5.02 Å². The fourth-order valence-electron chi connectivity index (χ4n) is 3.26. The number of hydrogen-bond acceptors (Lipinski definition) is 5. The quantitative estimate of drug-likeness (QED) is 0.330. The molecule has 6 nitrogen and oxygen atoms in total. The average molecular weight is 493 g/mol. The lowest BCUT2D eigenvalue weighted by Crippen LogP contribution is -2.12. The number of Topliss-reactive ketones (excluding diaryl/α,β-unsaturated/α-hetero) is 1. The molecule has 1 aromatic carbocycles. The third kappa shape index (κ3) is 4.91. The minimum absolute atomic E-state index is 0.0389. The standard InChI is InChI=1S/C22H16ClF3N4O2S/c1-12(8-18(31)14-10-28-30-7-3-2-4-17(14)30)21-27-11-19(33-21)20(32)29-13-5-6-16(23)15(9-13)22(24,25)26/h2-7,9-12H,8H2,1H3,(H,29,32). The van der Waals surface area contributed by atoms with Gasteiger partial charge < -0.3 is 5.32 Å². The smallest absolute Gasteiger partial charge is 0.321 e. The number of amides is 1. The van der Waals surface area contributed by atoms with Gasteiger partial charge in [-0.25, -0.2) is 9.50 Å². The maximum atomic E-state index is 13.0. The number of nitrogens with zero attached hydrogens (tertiary/aromatic N) is 3. The van der Waals surface area contributed by atoms with Gasteiger partial charge in [0.1, 0.15) is 4.88 Å². The number of hydrogen-bond donors (Lipinski definition) is 1. The van der Waals surface area contributed by atoms with Gasteiger partial charge in [0, 0.05) is 24.2 Å². The molecule has 0 aliphatic rings. The van der Waals surface area contributed by atoms with Gasteiger partial charge in [-0.1, -0.05) is 24.6 Å². The molecule has 170 valence electrons. The zero-order chi connectivity index (χ0) is 23.8. The van der Waals surface area contributed by atoms with E-state index in [1.54, 1.807) is 16.8 Å². The van der Waals surface area contributed by atoms with Crippen molar-refractivity contribution in [3.05, 3.63) is 81.0 Å². The Morgan fingerprint density at radius 3 is 2.76 bits per heavy atom. The second-order valence-corrected chi connectivity index (χ2v) is 8.80. The second kappa shape index (κ2) is 8.95. The fourth-order valence-corrected chi connectivity index (χ4v) is 4.35. The Balaban J connectivity index is 1.45. The van der Waals surface area contributed by atoms with Gasteiger partial charge in [-0.2, -0.15) is 18.3 Å². The van der Waals surface area contributed by atoms with E-state index >= 15 is 0 Å². The third-order valence-corrected chi connectivity index (χ3v) is 6.47. The lowest BCUT2D eigenvalue weighted by atomic mass is 10.0. The van der Waals surface area contributed by atoms with Crippen LogP contribution in [0.3, 0.4) is 0 Å². The summed E-state index contributed by atoms with van der Waals surface area (Å²) in [7, 11) is 0. The summed E-state index contributed by atoms with van der Waals surface area (Å²) < 4.78 is 40.7. The molecule has 0 radical (unpaired) electrons. The lowest BCUT2D eigenvalue weighted by Gasteiger charge is -2.11. The largest absolute Gasteiger partial charge is 0.417 e. The van der Waals surface area contributed by atoms with Crippen molar-refractivity contribution in [3.63, 3.8) is 0 Å². The Kier molecular flexibility index (Phi) is 6.22. The molecule has 1 amide bonds. The first-order valence-corrected chi connectivity index (χ1v) is 10.9. The van der Waals surface area contributed by atoms with Gasteiger partial charge in [0.05, 0.1) is 39.1 Å². The van der Waals surface area contributed by atoms with Crippen molar-refractivity contribution >= 4 is 45.8 Å². The molecule has 0 saturated heterocycles. The number of pyridine rings is 1. The SMILES string of the molecule is CC(CC(=O)c1cnn2ccccc12)c1ncc(C(=O)Nc2ccc(Cl)c(C(F)(F)F)c2)s1. The first kappa shape index (κ1) is 22.9. The summed E-state index contributed by atoms with van der Waals surface area (Å²) in [6.45, 7) is 1.82. The minimum atomic E-state index is -4.64. The molecule has 0 spiro atoms. The molecule has 0 aliphatic carbocycles. The number of anilines is 1. The van der Waals surface area contributed by atoms with E-state index in [4.69, 9.17) is 11.6 Å². The van der Waals surface area contributed by atoms with Gasteiger partial charge in [-0.3, -0.25) is 9.59 Å². The topological polar surface area (TPSA) is 76.4 Å². The Hall–Kier alpha value is -3.24. The summed E-state index contributed by atoms with van der Waals surface area (Å²) >= 11 is 6.69. The van der Waals surface area contributed by atoms with Crippen LogP contribution in [-0.2, 0) is 6.18 Å². The van der Waals surface area contributed by atoms with Crippen molar-refractivity contribution in [1.82, 2.24) is 14.6 Å². The first-order chi connectivity index (χ1) is 15.6.